The van der Waals surface area contributed by atoms with Crippen molar-refractivity contribution in [2.45, 2.75) is 0 Å². The first-order valence-corrected chi connectivity index (χ1v) is 1.59. The number of amides is 1. The average molecular weight is 100 g/mol. The van der Waals surface area contributed by atoms with Crippen LogP contribution in [0.5, 0.6) is 0 Å². The van der Waals surface area contributed by atoms with Gasteiger partial charge in [-0.2, -0.15) is 0 Å². The molecule has 0 aliphatic heterocycles. The van der Waals surface area contributed by atoms with Gasteiger partial charge in [-0.1, -0.05) is 0 Å². The molecule has 0 heterocycles. The van der Waals surface area contributed by atoms with Crippen molar-refractivity contribution in [3.8, 4) is 6.26 Å². The number of rotatable bonds is 0. The number of nitrogens with zero attached hydrogens (tertiary/aromatic N) is 1. The lowest BCUT2D eigenvalue weighted by Crippen LogP contribution is -2.16. The SMILES string of the molecule is CNC(=O)OC#N. The summed E-state index contributed by atoms with van der Waals surface area (Å²) in [6.07, 6.45) is 0.473. The van der Waals surface area contributed by atoms with E-state index in [1.54, 1.807) is 0 Å². The Morgan fingerprint density at radius 3 is 2.71 bits per heavy atom. The summed E-state index contributed by atoms with van der Waals surface area (Å²) in [6.45, 7) is 0. The Morgan fingerprint density at radius 1 is 2.00 bits per heavy atom. The minimum Gasteiger partial charge on any atom is -0.334 e. The Kier molecular flexibility index (Phi) is 2.44. The van der Waals surface area contributed by atoms with Crippen molar-refractivity contribution in [3.63, 3.8) is 0 Å². The predicted octanol–water partition coefficient (Wildman–Crippen LogP) is -0.177. The summed E-state index contributed by atoms with van der Waals surface area (Å²) >= 11 is 0. The van der Waals surface area contributed by atoms with Crippen LogP contribution in [-0.4, -0.2) is 13.1 Å². The Morgan fingerprint density at radius 2 is 2.57 bits per heavy atom. The molecule has 0 aromatic rings. The first-order valence-electron chi connectivity index (χ1n) is 1.59. The number of carbonyl (C=O) groups excluding carboxylic acids is 1. The monoisotopic (exact) mass is 100 g/mol. The molecular formula is C3H4N2O2. The Labute approximate surface area is 40.7 Å². The largest absolute Gasteiger partial charge is 0.422 e. The zero-order valence-corrected chi connectivity index (χ0v) is 3.76. The highest BCUT2D eigenvalue weighted by atomic mass is 16.5. The van der Waals surface area contributed by atoms with E-state index < -0.39 is 6.09 Å². The fourth-order valence-electron chi connectivity index (χ4n) is 0.0925. The van der Waals surface area contributed by atoms with Crippen LogP contribution >= 0.6 is 0 Å². The standard InChI is InChI=1S/C3H4N2O2/c1-5-3(6)7-2-4/h1H3,(H,5,6). The molecule has 0 rings (SSSR count). The lowest BCUT2D eigenvalue weighted by Gasteiger charge is -1.86. The van der Waals surface area contributed by atoms with Crippen LogP contribution in [0.2, 0.25) is 0 Å². The quantitative estimate of drug-likeness (QED) is 0.429. The molecule has 7 heavy (non-hydrogen) atoms. The van der Waals surface area contributed by atoms with Crippen LogP contribution in [0.4, 0.5) is 4.79 Å². The molecule has 0 spiro atoms. The summed E-state index contributed by atoms with van der Waals surface area (Å²) < 4.78 is 3.75. The molecule has 0 aromatic carbocycles. The van der Waals surface area contributed by atoms with E-state index in [-0.39, 0.29) is 0 Å². The van der Waals surface area contributed by atoms with Crippen molar-refractivity contribution >= 4 is 6.09 Å². The zero-order valence-electron chi connectivity index (χ0n) is 3.76. The Bertz CT molecular complexity index is 104. The van der Waals surface area contributed by atoms with Crippen LogP contribution in [0.1, 0.15) is 0 Å². The second-order valence-corrected chi connectivity index (χ2v) is 0.731. The molecule has 0 aliphatic carbocycles. The topological polar surface area (TPSA) is 62.1 Å². The second-order valence-electron chi connectivity index (χ2n) is 0.731. The first-order chi connectivity index (χ1) is 3.31. The van der Waals surface area contributed by atoms with Gasteiger partial charge in [-0.3, -0.25) is 0 Å². The van der Waals surface area contributed by atoms with Gasteiger partial charge in [-0.15, -0.1) is 5.26 Å². The predicted molar refractivity (Wildman–Crippen MR) is 21.2 cm³/mol. The number of ether oxygens (including phenoxy) is 1. The van der Waals surface area contributed by atoms with Crippen molar-refractivity contribution in [2.75, 3.05) is 7.05 Å². The summed E-state index contributed by atoms with van der Waals surface area (Å²) in [5, 5.41) is 9.72. The fraction of sp³-hybridized carbons (Fsp3) is 0.333. The molecular weight excluding hydrogens is 96.0 g/mol. The lowest BCUT2D eigenvalue weighted by atomic mass is 11.1. The summed E-state index contributed by atoms with van der Waals surface area (Å²) in [4.78, 5) is 9.86. The third-order valence-corrected chi connectivity index (χ3v) is 0.342. The highest BCUT2D eigenvalue weighted by Gasteiger charge is 1.90. The van der Waals surface area contributed by atoms with Gasteiger partial charge in [-0.05, 0) is 0 Å². The van der Waals surface area contributed by atoms with Crippen molar-refractivity contribution in [1.29, 1.82) is 5.26 Å². The van der Waals surface area contributed by atoms with E-state index in [0.29, 0.717) is 0 Å². The molecule has 1 N–H and O–H groups in total. The van der Waals surface area contributed by atoms with Crippen molar-refractivity contribution in [3.05, 3.63) is 0 Å². The average Bonchev–Trinajstić information content (AvgIpc) is 1.68. The summed E-state index contributed by atoms with van der Waals surface area (Å²) in [6, 6.07) is 0. The maximum absolute atomic E-state index is 9.86. The van der Waals surface area contributed by atoms with Crippen LogP contribution in [-0.2, 0) is 4.74 Å². The third-order valence-electron chi connectivity index (χ3n) is 0.342. The molecule has 4 nitrogen and oxygen atoms in total. The highest BCUT2D eigenvalue weighted by Crippen LogP contribution is 1.66. The third kappa shape index (κ3) is 2.56. The second kappa shape index (κ2) is 2.97. The zero-order chi connectivity index (χ0) is 5.70. The lowest BCUT2D eigenvalue weighted by molar-refractivity contribution is 0.193. The number of alkyl carbamates (subject to hydrolysis) is 1. The van der Waals surface area contributed by atoms with Gasteiger partial charge >= 0.3 is 6.09 Å². The minimum absolute atomic E-state index is 0.734. The number of hydrogen-bond donors (Lipinski definition) is 1. The van der Waals surface area contributed by atoms with Crippen LogP contribution in [0, 0.1) is 11.5 Å². The summed E-state index contributed by atoms with van der Waals surface area (Å²) in [7, 11) is 1.37. The van der Waals surface area contributed by atoms with Gasteiger partial charge in [0.05, 0.1) is 0 Å². The molecule has 0 radical (unpaired) electrons. The Hall–Kier alpha value is -1.24. The molecule has 38 valence electrons. The van der Waals surface area contributed by atoms with Gasteiger partial charge in [0.25, 0.3) is 6.26 Å². The molecule has 0 aliphatic rings. The summed E-state index contributed by atoms with van der Waals surface area (Å²) in [5.74, 6) is 0. The minimum atomic E-state index is -0.734. The first kappa shape index (κ1) is 5.76. The van der Waals surface area contributed by atoms with E-state index in [0.717, 1.165) is 0 Å². The van der Waals surface area contributed by atoms with E-state index in [2.05, 4.69) is 10.1 Å². The number of carbonyl (C=O) groups is 1. The number of nitriles is 1. The van der Waals surface area contributed by atoms with Gasteiger partial charge in [0, 0.05) is 7.05 Å². The van der Waals surface area contributed by atoms with Crippen LogP contribution in [0.25, 0.3) is 0 Å². The van der Waals surface area contributed by atoms with Crippen molar-refractivity contribution < 1.29 is 9.53 Å². The van der Waals surface area contributed by atoms with E-state index in [9.17, 15) is 4.79 Å². The van der Waals surface area contributed by atoms with E-state index in [1.165, 1.54) is 13.3 Å². The number of nitrogens with one attached hydrogen (secondary N) is 1. The molecule has 0 aromatic heterocycles. The van der Waals surface area contributed by atoms with E-state index in [1.807, 2.05) is 0 Å². The maximum Gasteiger partial charge on any atom is 0.422 e. The van der Waals surface area contributed by atoms with Gasteiger partial charge in [0.2, 0.25) is 0 Å². The number of hydrogen-bond acceptors (Lipinski definition) is 3. The Balaban J connectivity index is 3.23. The molecule has 0 unspecified atom stereocenters. The normalized spacial score (nSPS) is 6.29. The molecule has 0 saturated heterocycles. The van der Waals surface area contributed by atoms with E-state index in [4.69, 9.17) is 5.26 Å². The van der Waals surface area contributed by atoms with Gasteiger partial charge in [0.1, 0.15) is 0 Å². The van der Waals surface area contributed by atoms with Crippen LogP contribution in [0.3, 0.4) is 0 Å². The van der Waals surface area contributed by atoms with Crippen LogP contribution < -0.4 is 5.32 Å². The summed E-state index contributed by atoms with van der Waals surface area (Å²) in [5.41, 5.74) is 0. The molecule has 4 heteroatoms. The van der Waals surface area contributed by atoms with Crippen molar-refractivity contribution in [1.82, 2.24) is 5.32 Å². The molecule has 1 amide bonds. The van der Waals surface area contributed by atoms with E-state index >= 15 is 0 Å². The smallest absolute Gasteiger partial charge is 0.334 e. The van der Waals surface area contributed by atoms with Crippen LogP contribution in [0.15, 0.2) is 0 Å². The van der Waals surface area contributed by atoms with Gasteiger partial charge < -0.3 is 10.1 Å². The molecule has 0 saturated carbocycles. The molecule has 0 fully saturated rings. The molecule has 0 atom stereocenters. The maximum atomic E-state index is 9.86. The molecule has 0 bridgehead atoms. The van der Waals surface area contributed by atoms with Crippen molar-refractivity contribution in [2.24, 2.45) is 0 Å². The van der Waals surface area contributed by atoms with Gasteiger partial charge in [-0.25, -0.2) is 4.79 Å². The van der Waals surface area contributed by atoms with Gasteiger partial charge in [0.15, 0.2) is 0 Å². The highest BCUT2D eigenvalue weighted by molar-refractivity contribution is 5.67. The fourth-order valence-corrected chi connectivity index (χ4v) is 0.0925.